The number of rotatable bonds is 2. The summed E-state index contributed by atoms with van der Waals surface area (Å²) in [5.41, 5.74) is 1.92. The number of pyridine rings is 1. The molecule has 16 heavy (non-hydrogen) atoms. The number of hydrogen-bond donors (Lipinski definition) is 1. The summed E-state index contributed by atoms with van der Waals surface area (Å²) in [4.78, 5) is 6.66. The van der Waals surface area contributed by atoms with Gasteiger partial charge in [-0.05, 0) is 31.2 Å². The van der Waals surface area contributed by atoms with E-state index in [0.717, 1.165) is 18.8 Å². The maximum Gasteiger partial charge on any atom is 0.0931 e. The van der Waals surface area contributed by atoms with Gasteiger partial charge in [-0.15, -0.1) is 0 Å². The fraction of sp³-hybridized carbons (Fsp3) is 0.583. The van der Waals surface area contributed by atoms with Gasteiger partial charge >= 0.3 is 0 Å². The lowest BCUT2D eigenvalue weighted by atomic mass is 10.2. The highest BCUT2D eigenvalue weighted by Crippen LogP contribution is 2.19. The maximum absolute atomic E-state index is 9.39. The minimum Gasteiger partial charge on any atom is -0.387 e. The van der Waals surface area contributed by atoms with Crippen molar-refractivity contribution < 1.29 is 5.11 Å². The van der Waals surface area contributed by atoms with Gasteiger partial charge in [0, 0.05) is 18.8 Å². The fourth-order valence-corrected chi connectivity index (χ4v) is 2.72. The Morgan fingerprint density at radius 1 is 1.38 bits per heavy atom. The van der Waals surface area contributed by atoms with Gasteiger partial charge in [-0.1, -0.05) is 0 Å². The lowest BCUT2D eigenvalue weighted by Crippen LogP contribution is -2.25. The SMILES string of the molecule is CC(O)c1ccc(N2CCCSCC2)cn1. The molecular formula is C12H18N2OS. The van der Waals surface area contributed by atoms with Crippen LogP contribution in [0.4, 0.5) is 5.69 Å². The second kappa shape index (κ2) is 5.55. The van der Waals surface area contributed by atoms with Crippen molar-refractivity contribution in [3.63, 3.8) is 0 Å². The first-order valence-electron chi connectivity index (χ1n) is 5.74. The van der Waals surface area contributed by atoms with Crippen LogP contribution in [0.1, 0.15) is 25.1 Å². The molecule has 1 aliphatic heterocycles. The van der Waals surface area contributed by atoms with Crippen LogP contribution in [0.25, 0.3) is 0 Å². The Bertz CT molecular complexity index is 318. The van der Waals surface area contributed by atoms with Crippen molar-refractivity contribution in [2.24, 2.45) is 0 Å². The highest BCUT2D eigenvalue weighted by Gasteiger charge is 2.10. The van der Waals surface area contributed by atoms with Crippen molar-refractivity contribution in [1.29, 1.82) is 0 Å². The van der Waals surface area contributed by atoms with Crippen molar-refractivity contribution in [3.8, 4) is 0 Å². The molecule has 1 aromatic heterocycles. The molecule has 0 aliphatic carbocycles. The third-order valence-corrected chi connectivity index (χ3v) is 3.83. The molecule has 1 fully saturated rings. The topological polar surface area (TPSA) is 36.4 Å². The fourth-order valence-electron chi connectivity index (χ4n) is 1.84. The van der Waals surface area contributed by atoms with Gasteiger partial charge in [-0.25, -0.2) is 0 Å². The van der Waals surface area contributed by atoms with Gasteiger partial charge in [-0.3, -0.25) is 4.98 Å². The molecule has 0 spiro atoms. The van der Waals surface area contributed by atoms with Crippen molar-refractivity contribution in [3.05, 3.63) is 24.0 Å². The molecular weight excluding hydrogens is 220 g/mol. The zero-order valence-electron chi connectivity index (χ0n) is 9.59. The molecule has 1 unspecified atom stereocenters. The van der Waals surface area contributed by atoms with E-state index in [1.807, 2.05) is 24.0 Å². The average Bonchev–Trinajstić information content (AvgIpc) is 2.57. The third kappa shape index (κ3) is 2.89. The summed E-state index contributed by atoms with van der Waals surface area (Å²) in [6.45, 7) is 3.95. The number of aliphatic hydroxyl groups is 1. The standard InChI is InChI=1S/C12H18N2OS/c1-10(15)12-4-3-11(9-13-12)14-5-2-7-16-8-6-14/h3-4,9-10,15H,2,5-8H2,1H3. The van der Waals surface area contributed by atoms with E-state index < -0.39 is 6.10 Å². The van der Waals surface area contributed by atoms with Gasteiger partial charge in [0.1, 0.15) is 0 Å². The van der Waals surface area contributed by atoms with Crippen LogP contribution in [0, 0.1) is 0 Å². The van der Waals surface area contributed by atoms with Gasteiger partial charge in [0.25, 0.3) is 0 Å². The molecule has 88 valence electrons. The molecule has 0 radical (unpaired) electrons. The predicted molar refractivity (Wildman–Crippen MR) is 69.0 cm³/mol. The Morgan fingerprint density at radius 2 is 2.25 bits per heavy atom. The van der Waals surface area contributed by atoms with Gasteiger partial charge in [0.15, 0.2) is 0 Å². The Kier molecular flexibility index (Phi) is 4.07. The number of aliphatic hydroxyl groups excluding tert-OH is 1. The summed E-state index contributed by atoms with van der Waals surface area (Å²) in [6.07, 6.45) is 2.63. The lowest BCUT2D eigenvalue weighted by molar-refractivity contribution is 0.194. The van der Waals surface area contributed by atoms with Crippen molar-refractivity contribution in [2.45, 2.75) is 19.4 Å². The summed E-state index contributed by atoms with van der Waals surface area (Å²) >= 11 is 2.02. The number of hydrogen-bond acceptors (Lipinski definition) is 4. The minimum atomic E-state index is -0.478. The average molecular weight is 238 g/mol. The molecule has 1 aliphatic rings. The van der Waals surface area contributed by atoms with Gasteiger partial charge in [0.05, 0.1) is 23.7 Å². The van der Waals surface area contributed by atoms with Crippen LogP contribution in [-0.2, 0) is 0 Å². The van der Waals surface area contributed by atoms with Crippen molar-refractivity contribution >= 4 is 17.4 Å². The molecule has 2 rings (SSSR count). The first-order chi connectivity index (χ1) is 7.77. The monoisotopic (exact) mass is 238 g/mol. The first kappa shape index (κ1) is 11.7. The number of anilines is 1. The van der Waals surface area contributed by atoms with Crippen molar-refractivity contribution in [2.75, 3.05) is 29.5 Å². The number of nitrogens with zero attached hydrogens (tertiary/aromatic N) is 2. The summed E-state index contributed by atoms with van der Waals surface area (Å²) < 4.78 is 0. The molecule has 0 saturated carbocycles. The Morgan fingerprint density at radius 3 is 2.94 bits per heavy atom. The van der Waals surface area contributed by atoms with Crippen LogP contribution in [0.5, 0.6) is 0 Å². The normalized spacial score (nSPS) is 19.2. The first-order valence-corrected chi connectivity index (χ1v) is 6.89. The van der Waals surface area contributed by atoms with E-state index >= 15 is 0 Å². The maximum atomic E-state index is 9.39. The molecule has 2 heterocycles. The largest absolute Gasteiger partial charge is 0.387 e. The van der Waals surface area contributed by atoms with Crippen molar-refractivity contribution in [1.82, 2.24) is 4.98 Å². The van der Waals surface area contributed by atoms with Gasteiger partial charge < -0.3 is 10.0 Å². The van der Waals surface area contributed by atoms with E-state index in [-0.39, 0.29) is 0 Å². The molecule has 4 heteroatoms. The highest BCUT2D eigenvalue weighted by molar-refractivity contribution is 7.99. The van der Waals surface area contributed by atoms with Crippen LogP contribution in [0.3, 0.4) is 0 Å². The van der Waals surface area contributed by atoms with E-state index in [1.54, 1.807) is 6.92 Å². The molecule has 1 aromatic rings. The summed E-state index contributed by atoms with van der Waals surface area (Å²) in [5.74, 6) is 2.45. The lowest BCUT2D eigenvalue weighted by Gasteiger charge is -2.22. The minimum absolute atomic E-state index is 0.478. The molecule has 0 aromatic carbocycles. The highest BCUT2D eigenvalue weighted by atomic mass is 32.2. The van der Waals surface area contributed by atoms with E-state index in [0.29, 0.717) is 0 Å². The van der Waals surface area contributed by atoms with Crippen LogP contribution >= 0.6 is 11.8 Å². The Hall–Kier alpha value is -0.740. The van der Waals surface area contributed by atoms with Crippen LogP contribution in [0.15, 0.2) is 18.3 Å². The molecule has 1 atom stereocenters. The summed E-state index contributed by atoms with van der Waals surface area (Å²) in [7, 11) is 0. The van der Waals surface area contributed by atoms with Gasteiger partial charge in [0.2, 0.25) is 0 Å². The summed E-state index contributed by atoms with van der Waals surface area (Å²) in [6, 6.07) is 3.98. The third-order valence-electron chi connectivity index (χ3n) is 2.79. The van der Waals surface area contributed by atoms with Gasteiger partial charge in [-0.2, -0.15) is 11.8 Å². The molecule has 3 nitrogen and oxygen atoms in total. The molecule has 1 saturated heterocycles. The van der Waals surface area contributed by atoms with E-state index in [2.05, 4.69) is 16.0 Å². The summed E-state index contributed by atoms with van der Waals surface area (Å²) in [5, 5.41) is 9.39. The molecule has 0 amide bonds. The van der Waals surface area contributed by atoms with E-state index in [9.17, 15) is 5.11 Å². The smallest absolute Gasteiger partial charge is 0.0931 e. The Balaban J connectivity index is 2.07. The van der Waals surface area contributed by atoms with E-state index in [1.165, 1.54) is 23.6 Å². The van der Waals surface area contributed by atoms with Crippen LogP contribution < -0.4 is 4.90 Å². The number of aromatic nitrogens is 1. The zero-order valence-corrected chi connectivity index (χ0v) is 10.4. The Labute approximate surface area is 101 Å². The van der Waals surface area contributed by atoms with Crippen LogP contribution in [0.2, 0.25) is 0 Å². The second-order valence-corrected chi connectivity index (χ2v) is 5.29. The molecule has 1 N–H and O–H groups in total. The van der Waals surface area contributed by atoms with E-state index in [4.69, 9.17) is 0 Å². The number of thioether (sulfide) groups is 1. The molecule has 0 bridgehead atoms. The second-order valence-electron chi connectivity index (χ2n) is 4.07. The quantitative estimate of drug-likeness (QED) is 0.856. The predicted octanol–water partition coefficient (Wildman–Crippen LogP) is 2.08. The zero-order chi connectivity index (χ0) is 11.4. The van der Waals surface area contributed by atoms with Crippen LogP contribution in [-0.4, -0.2) is 34.7 Å².